The smallest absolute Gasteiger partial charge is 0.335 e. The van der Waals surface area contributed by atoms with E-state index in [1.54, 1.807) is 30.6 Å². The van der Waals surface area contributed by atoms with Gasteiger partial charge in [-0.1, -0.05) is 18.2 Å². The van der Waals surface area contributed by atoms with E-state index in [0.717, 1.165) is 20.2 Å². The van der Waals surface area contributed by atoms with Crippen molar-refractivity contribution in [2.24, 2.45) is 0 Å². The number of ether oxygens (including phenoxy) is 1. The van der Waals surface area contributed by atoms with Crippen molar-refractivity contribution in [2.75, 3.05) is 7.11 Å². The average molecular weight is 258 g/mol. The molecule has 0 saturated carbocycles. The average Bonchev–Trinajstić information content (AvgIpc) is 2.75. The number of thiophene rings is 1. The molecule has 2 aromatic carbocycles. The van der Waals surface area contributed by atoms with Gasteiger partial charge >= 0.3 is 5.97 Å². The Labute approximate surface area is 107 Å². The maximum atomic E-state index is 11.1. The molecule has 18 heavy (non-hydrogen) atoms. The third-order valence-corrected chi connectivity index (χ3v) is 4.03. The van der Waals surface area contributed by atoms with E-state index < -0.39 is 5.97 Å². The molecule has 1 heterocycles. The summed E-state index contributed by atoms with van der Waals surface area (Å²) in [6, 6.07) is 11.3. The lowest BCUT2D eigenvalue weighted by Crippen LogP contribution is -1.96. The van der Waals surface area contributed by atoms with Gasteiger partial charge in [0.2, 0.25) is 0 Å². The molecular weight excluding hydrogens is 248 g/mol. The van der Waals surface area contributed by atoms with E-state index in [1.807, 2.05) is 24.3 Å². The minimum absolute atomic E-state index is 0.255. The molecule has 0 amide bonds. The summed E-state index contributed by atoms with van der Waals surface area (Å²) < 4.78 is 7.40. The molecule has 3 nitrogen and oxygen atoms in total. The Balaban J connectivity index is 2.47. The van der Waals surface area contributed by atoms with Gasteiger partial charge in [-0.3, -0.25) is 0 Å². The van der Waals surface area contributed by atoms with Crippen LogP contribution in [0.5, 0.6) is 5.75 Å². The number of fused-ring (bicyclic) bond motifs is 3. The molecule has 0 spiro atoms. The van der Waals surface area contributed by atoms with Crippen molar-refractivity contribution in [2.45, 2.75) is 0 Å². The molecule has 0 fully saturated rings. The highest BCUT2D eigenvalue weighted by atomic mass is 32.1. The first kappa shape index (κ1) is 11.0. The lowest BCUT2D eigenvalue weighted by molar-refractivity contribution is 0.0696. The number of hydrogen-bond acceptors (Lipinski definition) is 3. The Morgan fingerprint density at radius 1 is 1.22 bits per heavy atom. The fraction of sp³-hybridized carbons (Fsp3) is 0.0714. The number of rotatable bonds is 2. The van der Waals surface area contributed by atoms with Gasteiger partial charge in [0.25, 0.3) is 0 Å². The molecule has 3 aromatic rings. The van der Waals surface area contributed by atoms with Gasteiger partial charge in [-0.15, -0.1) is 11.3 Å². The summed E-state index contributed by atoms with van der Waals surface area (Å²) in [7, 11) is 1.56. The molecular formula is C14H10O3S. The van der Waals surface area contributed by atoms with Gasteiger partial charge in [0.15, 0.2) is 0 Å². The highest BCUT2D eigenvalue weighted by Gasteiger charge is 2.14. The molecule has 0 unspecified atom stereocenters. The third kappa shape index (κ3) is 1.54. The van der Waals surface area contributed by atoms with Gasteiger partial charge in [-0.25, -0.2) is 4.79 Å². The number of methoxy groups -OCH3 is 1. The third-order valence-electron chi connectivity index (χ3n) is 2.91. The van der Waals surface area contributed by atoms with E-state index in [4.69, 9.17) is 9.84 Å². The van der Waals surface area contributed by atoms with Crippen LogP contribution in [0.1, 0.15) is 10.4 Å². The van der Waals surface area contributed by atoms with Crippen molar-refractivity contribution in [3.8, 4) is 5.75 Å². The fourth-order valence-electron chi connectivity index (χ4n) is 2.10. The first-order chi connectivity index (χ1) is 8.70. The van der Waals surface area contributed by atoms with Crippen molar-refractivity contribution >= 4 is 37.5 Å². The second kappa shape index (κ2) is 3.99. The van der Waals surface area contributed by atoms with Crippen LogP contribution in [-0.2, 0) is 0 Å². The van der Waals surface area contributed by atoms with E-state index >= 15 is 0 Å². The molecule has 0 aliphatic carbocycles. The van der Waals surface area contributed by atoms with Crippen LogP contribution in [0.15, 0.2) is 36.4 Å². The topological polar surface area (TPSA) is 46.5 Å². The zero-order valence-corrected chi connectivity index (χ0v) is 10.5. The molecule has 0 radical (unpaired) electrons. The minimum Gasteiger partial charge on any atom is -0.496 e. The SMILES string of the molecule is COc1cc(C(=O)O)cc2sc3ccccc3c12. The predicted molar refractivity (Wildman–Crippen MR) is 72.8 cm³/mol. The maximum absolute atomic E-state index is 11.1. The zero-order valence-electron chi connectivity index (χ0n) is 9.64. The summed E-state index contributed by atoms with van der Waals surface area (Å²) >= 11 is 1.58. The molecule has 4 heteroatoms. The van der Waals surface area contributed by atoms with Crippen LogP contribution in [0.4, 0.5) is 0 Å². The number of carbonyl (C=O) groups is 1. The van der Waals surface area contributed by atoms with Crippen LogP contribution in [-0.4, -0.2) is 18.2 Å². The Morgan fingerprint density at radius 2 is 2.00 bits per heavy atom. The summed E-state index contributed by atoms with van der Waals surface area (Å²) in [4.78, 5) is 11.1. The van der Waals surface area contributed by atoms with Crippen LogP contribution < -0.4 is 4.74 Å². The number of carboxylic acids is 1. The van der Waals surface area contributed by atoms with Gasteiger partial charge in [0.05, 0.1) is 12.7 Å². The number of hydrogen-bond donors (Lipinski definition) is 1. The molecule has 1 aromatic heterocycles. The first-order valence-electron chi connectivity index (χ1n) is 5.43. The second-order valence-electron chi connectivity index (χ2n) is 3.96. The normalized spacial score (nSPS) is 10.9. The van der Waals surface area contributed by atoms with E-state index in [2.05, 4.69) is 0 Å². The van der Waals surface area contributed by atoms with Crippen LogP contribution in [0.2, 0.25) is 0 Å². The van der Waals surface area contributed by atoms with Crippen molar-refractivity contribution in [3.05, 3.63) is 42.0 Å². The number of aromatic carboxylic acids is 1. The van der Waals surface area contributed by atoms with Gasteiger partial charge in [-0.2, -0.15) is 0 Å². The Morgan fingerprint density at radius 3 is 2.72 bits per heavy atom. The highest BCUT2D eigenvalue weighted by Crippen LogP contribution is 2.39. The van der Waals surface area contributed by atoms with Crippen molar-refractivity contribution in [1.82, 2.24) is 0 Å². The quantitative estimate of drug-likeness (QED) is 0.761. The Hall–Kier alpha value is -2.07. The minimum atomic E-state index is -0.937. The van der Waals surface area contributed by atoms with Crippen LogP contribution in [0.3, 0.4) is 0 Å². The van der Waals surface area contributed by atoms with Gasteiger partial charge in [-0.05, 0) is 18.2 Å². The van der Waals surface area contributed by atoms with E-state index in [-0.39, 0.29) is 5.56 Å². The van der Waals surface area contributed by atoms with Gasteiger partial charge < -0.3 is 9.84 Å². The molecule has 0 bridgehead atoms. The molecule has 90 valence electrons. The molecule has 0 atom stereocenters. The maximum Gasteiger partial charge on any atom is 0.335 e. The van der Waals surface area contributed by atoms with Crippen LogP contribution in [0, 0.1) is 0 Å². The van der Waals surface area contributed by atoms with E-state index in [1.165, 1.54) is 0 Å². The summed E-state index contributed by atoms with van der Waals surface area (Å²) in [6.07, 6.45) is 0. The Kier molecular flexibility index (Phi) is 2.45. The molecule has 1 N–H and O–H groups in total. The molecule has 0 aliphatic rings. The van der Waals surface area contributed by atoms with Crippen molar-refractivity contribution in [3.63, 3.8) is 0 Å². The Bertz CT molecular complexity index is 758. The fourth-order valence-corrected chi connectivity index (χ4v) is 3.26. The largest absolute Gasteiger partial charge is 0.496 e. The number of benzene rings is 2. The van der Waals surface area contributed by atoms with Gasteiger partial charge in [0, 0.05) is 20.2 Å². The summed E-state index contributed by atoms with van der Waals surface area (Å²) in [5, 5.41) is 11.2. The molecule has 3 rings (SSSR count). The molecule has 0 aliphatic heterocycles. The summed E-state index contributed by atoms with van der Waals surface area (Å²) in [5.74, 6) is -0.324. The van der Waals surface area contributed by atoms with Crippen LogP contribution >= 0.6 is 11.3 Å². The van der Waals surface area contributed by atoms with Crippen molar-refractivity contribution in [1.29, 1.82) is 0 Å². The second-order valence-corrected chi connectivity index (χ2v) is 5.04. The number of carboxylic acid groups (broad SMARTS) is 1. The lowest BCUT2D eigenvalue weighted by atomic mass is 10.1. The van der Waals surface area contributed by atoms with E-state index in [0.29, 0.717) is 5.75 Å². The van der Waals surface area contributed by atoms with Crippen molar-refractivity contribution < 1.29 is 14.6 Å². The standard InChI is InChI=1S/C14H10O3S/c1-17-10-6-8(14(15)16)7-12-13(10)9-4-2-3-5-11(9)18-12/h2-7H,1H3,(H,15,16). The zero-order chi connectivity index (χ0) is 12.7. The van der Waals surface area contributed by atoms with E-state index in [9.17, 15) is 4.79 Å². The highest BCUT2D eigenvalue weighted by molar-refractivity contribution is 7.25. The predicted octanol–water partition coefficient (Wildman–Crippen LogP) is 3.76. The monoisotopic (exact) mass is 258 g/mol. The first-order valence-corrected chi connectivity index (χ1v) is 6.25. The van der Waals surface area contributed by atoms with Crippen LogP contribution in [0.25, 0.3) is 20.2 Å². The summed E-state index contributed by atoms with van der Waals surface area (Å²) in [6.45, 7) is 0. The van der Waals surface area contributed by atoms with Gasteiger partial charge in [0.1, 0.15) is 5.75 Å². The summed E-state index contributed by atoms with van der Waals surface area (Å²) in [5.41, 5.74) is 0.255. The molecule has 0 saturated heterocycles. The lowest BCUT2D eigenvalue weighted by Gasteiger charge is -2.04.